The fraction of sp³-hybridized carbons (Fsp3) is 0.421. The molecule has 1 N–H and O–H groups in total. The molecule has 2 rings (SSSR count). The van der Waals surface area contributed by atoms with E-state index in [9.17, 15) is 5.11 Å². The number of nitrogens with zero attached hydrogens (tertiary/aromatic N) is 3. The van der Waals surface area contributed by atoms with E-state index in [2.05, 4.69) is 11.0 Å². The monoisotopic (exact) mass is 327 g/mol. The van der Waals surface area contributed by atoms with Crippen molar-refractivity contribution >= 4 is 0 Å². The quantitative estimate of drug-likeness (QED) is 0.754. The van der Waals surface area contributed by atoms with Gasteiger partial charge in [-0.1, -0.05) is 24.1 Å². The van der Waals surface area contributed by atoms with Gasteiger partial charge in [-0.05, 0) is 32.0 Å². The summed E-state index contributed by atoms with van der Waals surface area (Å²) in [7, 11) is 1.96. The van der Waals surface area contributed by atoms with Crippen LogP contribution in [0.5, 0.6) is 5.75 Å². The second-order valence-electron chi connectivity index (χ2n) is 6.13. The molecule has 0 saturated heterocycles. The average molecular weight is 327 g/mol. The molecule has 0 radical (unpaired) electrons. The highest BCUT2D eigenvalue weighted by Crippen LogP contribution is 2.22. The van der Waals surface area contributed by atoms with Crippen molar-refractivity contribution in [1.29, 1.82) is 0 Å². The van der Waals surface area contributed by atoms with Crippen LogP contribution in [0.2, 0.25) is 0 Å². The van der Waals surface area contributed by atoms with Gasteiger partial charge in [0.2, 0.25) is 0 Å². The zero-order chi connectivity index (χ0) is 17.5. The van der Waals surface area contributed by atoms with Crippen molar-refractivity contribution in [3.05, 3.63) is 47.3 Å². The number of para-hydroxylation sites is 1. The van der Waals surface area contributed by atoms with Gasteiger partial charge in [-0.2, -0.15) is 5.10 Å². The lowest BCUT2D eigenvalue weighted by molar-refractivity contribution is 0.0739. The number of aliphatic hydroxyl groups excluding tert-OH is 1. The summed E-state index contributed by atoms with van der Waals surface area (Å²) in [6.07, 6.45) is 8.44. The number of aliphatic hydroxyl groups is 1. The molecule has 1 heterocycles. The van der Waals surface area contributed by atoms with Crippen LogP contribution in [0.1, 0.15) is 16.7 Å². The van der Waals surface area contributed by atoms with E-state index in [0.717, 1.165) is 22.4 Å². The van der Waals surface area contributed by atoms with E-state index in [1.807, 2.05) is 50.2 Å². The number of rotatable bonds is 8. The maximum atomic E-state index is 10.2. The number of aryl methyl sites for hydroxylation is 2. The Kier molecular flexibility index (Phi) is 6.42. The van der Waals surface area contributed by atoms with Crippen molar-refractivity contribution in [1.82, 2.24) is 14.7 Å². The van der Waals surface area contributed by atoms with E-state index in [0.29, 0.717) is 19.6 Å². The Morgan fingerprint density at radius 2 is 2.08 bits per heavy atom. The number of aromatic nitrogens is 2. The average Bonchev–Trinajstić information content (AvgIpc) is 2.94. The maximum absolute atomic E-state index is 10.2. The second kappa shape index (κ2) is 8.53. The van der Waals surface area contributed by atoms with E-state index in [1.165, 1.54) is 0 Å². The van der Waals surface area contributed by atoms with Crippen molar-refractivity contribution in [2.24, 2.45) is 0 Å². The van der Waals surface area contributed by atoms with E-state index in [-0.39, 0.29) is 6.61 Å². The molecule has 1 unspecified atom stereocenters. The Bertz CT molecular complexity index is 683. The summed E-state index contributed by atoms with van der Waals surface area (Å²) in [5.74, 6) is 3.41. The van der Waals surface area contributed by atoms with Gasteiger partial charge >= 0.3 is 0 Å². The first-order valence-electron chi connectivity index (χ1n) is 8.00. The zero-order valence-corrected chi connectivity index (χ0v) is 14.6. The second-order valence-corrected chi connectivity index (χ2v) is 6.13. The highest BCUT2D eigenvalue weighted by atomic mass is 16.5. The molecule has 1 atom stereocenters. The van der Waals surface area contributed by atoms with Crippen molar-refractivity contribution in [2.45, 2.75) is 33.0 Å². The van der Waals surface area contributed by atoms with Gasteiger partial charge in [-0.25, -0.2) is 0 Å². The minimum Gasteiger partial charge on any atom is -0.490 e. The minimum atomic E-state index is -0.560. The standard InChI is InChI=1S/C19H25N3O2/c1-5-9-22-12-17(10-20-22)11-21(4)13-18(23)14-24-19-15(2)7-6-8-16(19)3/h1,6-8,10,12,18,23H,9,11,13-14H2,2-4H3. The van der Waals surface area contributed by atoms with Gasteiger partial charge in [0.1, 0.15) is 25.0 Å². The van der Waals surface area contributed by atoms with E-state index < -0.39 is 6.10 Å². The van der Waals surface area contributed by atoms with Crippen molar-refractivity contribution in [3.63, 3.8) is 0 Å². The van der Waals surface area contributed by atoms with Gasteiger partial charge in [-0.15, -0.1) is 6.42 Å². The predicted octanol–water partition coefficient (Wildman–Crippen LogP) is 2.00. The molecule has 128 valence electrons. The number of terminal acetylenes is 1. The Balaban J connectivity index is 1.81. The van der Waals surface area contributed by atoms with Crippen LogP contribution in [-0.2, 0) is 13.1 Å². The smallest absolute Gasteiger partial charge is 0.125 e. The molecule has 1 aromatic carbocycles. The molecule has 0 bridgehead atoms. The SMILES string of the molecule is C#CCn1cc(CN(C)CC(O)COc2c(C)cccc2C)cn1. The van der Waals surface area contributed by atoms with Crippen LogP contribution in [0, 0.1) is 26.2 Å². The molecule has 2 aromatic rings. The van der Waals surface area contributed by atoms with Crippen LogP contribution in [-0.4, -0.2) is 46.1 Å². The predicted molar refractivity (Wildman–Crippen MR) is 94.8 cm³/mol. The molecular weight excluding hydrogens is 302 g/mol. The van der Waals surface area contributed by atoms with Gasteiger partial charge in [0.05, 0.1) is 6.20 Å². The minimum absolute atomic E-state index is 0.270. The Morgan fingerprint density at radius 3 is 2.75 bits per heavy atom. The number of likely N-dealkylation sites (N-methyl/N-ethyl adjacent to an activating group) is 1. The fourth-order valence-corrected chi connectivity index (χ4v) is 2.66. The summed E-state index contributed by atoms with van der Waals surface area (Å²) in [4.78, 5) is 2.04. The highest BCUT2D eigenvalue weighted by Gasteiger charge is 2.12. The van der Waals surface area contributed by atoms with Crippen LogP contribution < -0.4 is 4.74 Å². The van der Waals surface area contributed by atoms with Crippen LogP contribution in [0.15, 0.2) is 30.6 Å². The molecule has 5 nitrogen and oxygen atoms in total. The first-order chi connectivity index (χ1) is 11.5. The lowest BCUT2D eigenvalue weighted by atomic mass is 10.1. The topological polar surface area (TPSA) is 50.5 Å². The Labute approximate surface area is 143 Å². The molecule has 0 amide bonds. The lowest BCUT2D eigenvalue weighted by Crippen LogP contribution is -2.32. The first kappa shape index (κ1) is 18.1. The van der Waals surface area contributed by atoms with Crippen molar-refractivity contribution in [2.75, 3.05) is 20.2 Å². The molecule has 0 aliphatic heterocycles. The summed E-state index contributed by atoms with van der Waals surface area (Å²) < 4.78 is 7.53. The van der Waals surface area contributed by atoms with Gasteiger partial charge in [-0.3, -0.25) is 9.58 Å². The molecular formula is C19H25N3O2. The van der Waals surface area contributed by atoms with Crippen LogP contribution in [0.25, 0.3) is 0 Å². The molecule has 24 heavy (non-hydrogen) atoms. The summed E-state index contributed by atoms with van der Waals surface area (Å²) in [6.45, 7) is 5.97. The van der Waals surface area contributed by atoms with Crippen LogP contribution in [0.4, 0.5) is 0 Å². The number of ether oxygens (including phenoxy) is 1. The summed E-state index contributed by atoms with van der Waals surface area (Å²) >= 11 is 0. The maximum Gasteiger partial charge on any atom is 0.125 e. The summed E-state index contributed by atoms with van der Waals surface area (Å²) in [5.41, 5.74) is 3.23. The number of hydrogen-bond acceptors (Lipinski definition) is 4. The van der Waals surface area contributed by atoms with E-state index in [1.54, 1.807) is 10.9 Å². The molecule has 0 saturated carbocycles. The molecule has 0 spiro atoms. The summed E-state index contributed by atoms with van der Waals surface area (Å²) in [6, 6.07) is 6.02. The van der Waals surface area contributed by atoms with Gasteiger partial charge < -0.3 is 9.84 Å². The van der Waals surface area contributed by atoms with Crippen LogP contribution in [0.3, 0.4) is 0 Å². The lowest BCUT2D eigenvalue weighted by Gasteiger charge is -2.21. The summed E-state index contributed by atoms with van der Waals surface area (Å²) in [5, 5.41) is 14.4. The van der Waals surface area contributed by atoms with Crippen molar-refractivity contribution in [3.8, 4) is 18.1 Å². The largest absolute Gasteiger partial charge is 0.490 e. The van der Waals surface area contributed by atoms with Crippen molar-refractivity contribution < 1.29 is 9.84 Å². The molecule has 0 aliphatic carbocycles. The van der Waals surface area contributed by atoms with Gasteiger partial charge in [0.25, 0.3) is 0 Å². The Hall–Kier alpha value is -2.29. The van der Waals surface area contributed by atoms with E-state index >= 15 is 0 Å². The van der Waals surface area contributed by atoms with Gasteiger partial charge in [0.15, 0.2) is 0 Å². The highest BCUT2D eigenvalue weighted by molar-refractivity contribution is 5.39. The third-order valence-corrected chi connectivity index (χ3v) is 3.74. The zero-order valence-electron chi connectivity index (χ0n) is 14.6. The normalized spacial score (nSPS) is 12.2. The number of hydrogen-bond donors (Lipinski definition) is 1. The molecule has 5 heteroatoms. The third kappa shape index (κ3) is 5.12. The molecule has 1 aromatic heterocycles. The third-order valence-electron chi connectivity index (χ3n) is 3.74. The van der Waals surface area contributed by atoms with Gasteiger partial charge in [0, 0.05) is 24.8 Å². The molecule has 0 aliphatic rings. The number of benzene rings is 1. The van der Waals surface area contributed by atoms with E-state index in [4.69, 9.17) is 11.2 Å². The van der Waals surface area contributed by atoms with Crippen LogP contribution >= 0.6 is 0 Å². The first-order valence-corrected chi connectivity index (χ1v) is 8.00. The molecule has 0 fully saturated rings. The fourth-order valence-electron chi connectivity index (χ4n) is 2.66. The Morgan fingerprint density at radius 1 is 1.38 bits per heavy atom.